The molecular formula is C16H19N3O. The van der Waals surface area contributed by atoms with E-state index in [1.807, 2.05) is 6.20 Å². The molecule has 0 atom stereocenters. The molecule has 1 aromatic carbocycles. The van der Waals surface area contributed by atoms with E-state index in [0.717, 1.165) is 32.1 Å². The van der Waals surface area contributed by atoms with Crippen molar-refractivity contribution in [1.82, 2.24) is 4.98 Å². The number of morpholine rings is 1. The number of fused-ring (bicyclic) bond motifs is 1. The molecule has 1 N–H and O–H groups in total. The highest BCUT2D eigenvalue weighted by Crippen LogP contribution is 2.30. The monoisotopic (exact) mass is 269 g/mol. The van der Waals surface area contributed by atoms with Gasteiger partial charge in [-0.15, -0.1) is 0 Å². The van der Waals surface area contributed by atoms with Crippen molar-refractivity contribution in [2.45, 2.75) is 18.9 Å². The maximum Gasteiger partial charge on any atom is 0.136 e. The van der Waals surface area contributed by atoms with Crippen LogP contribution in [0.5, 0.6) is 0 Å². The Hall–Kier alpha value is -1.81. The van der Waals surface area contributed by atoms with Gasteiger partial charge in [-0.25, -0.2) is 4.98 Å². The quantitative estimate of drug-likeness (QED) is 0.929. The van der Waals surface area contributed by atoms with E-state index in [1.165, 1.54) is 29.3 Å². The standard InChI is InChI=1S/C16H19N3O/c1-2-14(18-13-3-4-13)11-15-12(1)5-6-17-16(15)19-7-9-20-10-8-19/h1-2,5-6,11,13,18H,3-4,7-10H2. The molecule has 20 heavy (non-hydrogen) atoms. The van der Waals surface area contributed by atoms with Crippen molar-refractivity contribution < 1.29 is 4.74 Å². The van der Waals surface area contributed by atoms with Gasteiger partial charge in [0.05, 0.1) is 13.2 Å². The summed E-state index contributed by atoms with van der Waals surface area (Å²) >= 11 is 0. The fraction of sp³-hybridized carbons (Fsp3) is 0.438. The van der Waals surface area contributed by atoms with Gasteiger partial charge in [0.2, 0.25) is 0 Å². The molecule has 0 radical (unpaired) electrons. The second kappa shape index (κ2) is 4.94. The van der Waals surface area contributed by atoms with E-state index in [1.54, 1.807) is 0 Å². The minimum Gasteiger partial charge on any atom is -0.382 e. The first-order valence-electron chi connectivity index (χ1n) is 7.38. The molecule has 4 heteroatoms. The van der Waals surface area contributed by atoms with Gasteiger partial charge in [-0.05, 0) is 36.4 Å². The summed E-state index contributed by atoms with van der Waals surface area (Å²) in [5.41, 5.74) is 1.21. The third-order valence-corrected chi connectivity index (χ3v) is 4.00. The minimum atomic E-state index is 0.677. The van der Waals surface area contributed by atoms with E-state index in [0.29, 0.717) is 6.04 Å². The molecule has 2 aliphatic rings. The van der Waals surface area contributed by atoms with Crippen molar-refractivity contribution in [2.24, 2.45) is 0 Å². The lowest BCUT2D eigenvalue weighted by Gasteiger charge is -2.28. The first-order chi connectivity index (χ1) is 9.90. The van der Waals surface area contributed by atoms with Crippen LogP contribution in [0, 0.1) is 0 Å². The van der Waals surface area contributed by atoms with Gasteiger partial charge in [-0.1, -0.05) is 6.07 Å². The van der Waals surface area contributed by atoms with Crippen LogP contribution in [-0.4, -0.2) is 37.3 Å². The van der Waals surface area contributed by atoms with Gasteiger partial charge in [0.15, 0.2) is 0 Å². The number of hydrogen-bond donors (Lipinski definition) is 1. The van der Waals surface area contributed by atoms with Gasteiger partial charge in [-0.2, -0.15) is 0 Å². The van der Waals surface area contributed by atoms with Crippen molar-refractivity contribution in [2.75, 3.05) is 36.5 Å². The van der Waals surface area contributed by atoms with Crippen molar-refractivity contribution in [3.05, 3.63) is 30.5 Å². The summed E-state index contributed by atoms with van der Waals surface area (Å²) in [5, 5.41) is 6.06. The van der Waals surface area contributed by atoms with E-state index >= 15 is 0 Å². The zero-order chi connectivity index (χ0) is 13.4. The number of benzene rings is 1. The molecule has 0 spiro atoms. The SMILES string of the molecule is c1cc2ccc(NC3CC3)cc2c(N2CCOCC2)n1. The molecule has 0 unspecified atom stereocenters. The van der Waals surface area contributed by atoms with Crippen LogP contribution >= 0.6 is 0 Å². The van der Waals surface area contributed by atoms with E-state index in [2.05, 4.69) is 39.5 Å². The Morgan fingerprint density at radius 3 is 2.80 bits per heavy atom. The Labute approximate surface area is 118 Å². The molecule has 1 saturated heterocycles. The highest BCUT2D eigenvalue weighted by atomic mass is 16.5. The highest BCUT2D eigenvalue weighted by Gasteiger charge is 2.21. The van der Waals surface area contributed by atoms with Crippen molar-refractivity contribution in [3.63, 3.8) is 0 Å². The summed E-state index contributed by atoms with van der Waals surface area (Å²) < 4.78 is 5.44. The van der Waals surface area contributed by atoms with Crippen LogP contribution in [-0.2, 0) is 4.74 Å². The predicted molar refractivity (Wildman–Crippen MR) is 81.4 cm³/mol. The largest absolute Gasteiger partial charge is 0.382 e. The molecular weight excluding hydrogens is 250 g/mol. The normalized spacial score (nSPS) is 19.3. The molecule has 0 amide bonds. The molecule has 104 valence electrons. The number of pyridine rings is 1. The lowest BCUT2D eigenvalue weighted by molar-refractivity contribution is 0.122. The van der Waals surface area contributed by atoms with E-state index in [-0.39, 0.29) is 0 Å². The summed E-state index contributed by atoms with van der Waals surface area (Å²) in [6, 6.07) is 9.36. The Kier molecular flexibility index (Phi) is 2.96. The maximum atomic E-state index is 5.44. The van der Waals surface area contributed by atoms with Crippen LogP contribution in [0.4, 0.5) is 11.5 Å². The third-order valence-electron chi connectivity index (χ3n) is 4.00. The van der Waals surface area contributed by atoms with Crippen LogP contribution in [0.1, 0.15) is 12.8 Å². The van der Waals surface area contributed by atoms with Crippen molar-refractivity contribution in [3.8, 4) is 0 Å². The number of anilines is 2. The molecule has 2 fully saturated rings. The average Bonchev–Trinajstić information content (AvgIpc) is 3.31. The Morgan fingerprint density at radius 2 is 2.00 bits per heavy atom. The number of nitrogens with one attached hydrogen (secondary N) is 1. The molecule has 1 aromatic heterocycles. The smallest absolute Gasteiger partial charge is 0.136 e. The summed E-state index contributed by atoms with van der Waals surface area (Å²) in [7, 11) is 0. The highest BCUT2D eigenvalue weighted by molar-refractivity contribution is 5.94. The Balaban J connectivity index is 1.73. The molecule has 4 rings (SSSR count). The predicted octanol–water partition coefficient (Wildman–Crippen LogP) is 2.65. The zero-order valence-corrected chi connectivity index (χ0v) is 11.5. The summed E-state index contributed by atoms with van der Waals surface area (Å²) in [4.78, 5) is 6.94. The fourth-order valence-corrected chi connectivity index (χ4v) is 2.73. The number of rotatable bonds is 3. The van der Waals surface area contributed by atoms with Crippen LogP contribution in [0.15, 0.2) is 30.5 Å². The van der Waals surface area contributed by atoms with Gasteiger partial charge >= 0.3 is 0 Å². The fourth-order valence-electron chi connectivity index (χ4n) is 2.73. The molecule has 2 aromatic rings. The topological polar surface area (TPSA) is 37.4 Å². The van der Waals surface area contributed by atoms with Crippen molar-refractivity contribution in [1.29, 1.82) is 0 Å². The first kappa shape index (κ1) is 12.0. The zero-order valence-electron chi connectivity index (χ0n) is 11.5. The minimum absolute atomic E-state index is 0.677. The van der Waals surface area contributed by atoms with E-state index in [4.69, 9.17) is 4.74 Å². The van der Waals surface area contributed by atoms with Crippen LogP contribution in [0.3, 0.4) is 0 Å². The van der Waals surface area contributed by atoms with Crippen LogP contribution in [0.25, 0.3) is 10.8 Å². The van der Waals surface area contributed by atoms with Crippen molar-refractivity contribution >= 4 is 22.3 Å². The molecule has 1 saturated carbocycles. The number of ether oxygens (including phenoxy) is 1. The number of aromatic nitrogens is 1. The Bertz CT molecular complexity index is 618. The lowest BCUT2D eigenvalue weighted by atomic mass is 10.1. The lowest BCUT2D eigenvalue weighted by Crippen LogP contribution is -2.36. The van der Waals surface area contributed by atoms with Crippen LogP contribution < -0.4 is 10.2 Å². The summed E-state index contributed by atoms with van der Waals surface area (Å²) in [5.74, 6) is 1.09. The second-order valence-electron chi connectivity index (χ2n) is 5.59. The molecule has 1 aliphatic carbocycles. The van der Waals surface area contributed by atoms with Gasteiger partial charge in [0.25, 0.3) is 0 Å². The first-order valence-corrected chi connectivity index (χ1v) is 7.38. The van der Waals surface area contributed by atoms with E-state index in [9.17, 15) is 0 Å². The summed E-state index contributed by atoms with van der Waals surface area (Å²) in [6.45, 7) is 3.43. The third kappa shape index (κ3) is 2.31. The molecule has 2 heterocycles. The number of nitrogens with zero attached hydrogens (tertiary/aromatic N) is 2. The average molecular weight is 269 g/mol. The van der Waals surface area contributed by atoms with Gasteiger partial charge in [0.1, 0.15) is 5.82 Å². The molecule has 0 bridgehead atoms. The molecule has 4 nitrogen and oxygen atoms in total. The Morgan fingerprint density at radius 1 is 1.15 bits per heavy atom. The van der Waals surface area contributed by atoms with Gasteiger partial charge in [-0.3, -0.25) is 0 Å². The van der Waals surface area contributed by atoms with Gasteiger partial charge in [0, 0.05) is 36.4 Å². The van der Waals surface area contributed by atoms with Gasteiger partial charge < -0.3 is 15.0 Å². The maximum absolute atomic E-state index is 5.44. The van der Waals surface area contributed by atoms with E-state index < -0.39 is 0 Å². The number of hydrogen-bond acceptors (Lipinski definition) is 4. The van der Waals surface area contributed by atoms with Crippen LogP contribution in [0.2, 0.25) is 0 Å². The second-order valence-corrected chi connectivity index (χ2v) is 5.59. The summed E-state index contributed by atoms with van der Waals surface area (Å²) in [6.07, 6.45) is 4.49. The molecule has 1 aliphatic heterocycles.